The summed E-state index contributed by atoms with van der Waals surface area (Å²) in [6, 6.07) is 4.90. The van der Waals surface area contributed by atoms with Crippen LogP contribution in [-0.4, -0.2) is 18.1 Å². The summed E-state index contributed by atoms with van der Waals surface area (Å²) in [7, 11) is 0. The summed E-state index contributed by atoms with van der Waals surface area (Å²) < 4.78 is 0. The van der Waals surface area contributed by atoms with Gasteiger partial charge in [-0.2, -0.15) is 0 Å². The number of rotatable bonds is 5. The van der Waals surface area contributed by atoms with Gasteiger partial charge in [0.15, 0.2) is 0 Å². The molecule has 0 saturated heterocycles. The monoisotopic (exact) mass is 301 g/mol. The van der Waals surface area contributed by atoms with Crippen molar-refractivity contribution < 1.29 is 0 Å². The number of nitrogens with zero attached hydrogens (tertiary/aromatic N) is 2. The highest BCUT2D eigenvalue weighted by Gasteiger charge is 2.26. The first kappa shape index (κ1) is 14.5. The second kappa shape index (κ2) is 6.58. The van der Waals surface area contributed by atoms with Crippen LogP contribution in [0.4, 0.5) is 5.69 Å². The molecule has 1 unspecified atom stereocenters. The standard InChI is InChI=1S/C17H23N3S/c1-3-7-18-11-14-12-19-8-4-16(14)20-9-5-17-15(13(20)2)6-10-21-17/h4,6,8,10,12-13,18H,3,5,7,9,11H2,1-2H3. The third-order valence-corrected chi connectivity index (χ3v) is 5.20. The summed E-state index contributed by atoms with van der Waals surface area (Å²) in [5.74, 6) is 0. The molecule has 1 aliphatic rings. The molecule has 0 bridgehead atoms. The molecule has 0 spiro atoms. The summed E-state index contributed by atoms with van der Waals surface area (Å²) in [5, 5.41) is 5.72. The number of pyridine rings is 1. The van der Waals surface area contributed by atoms with Crippen molar-refractivity contribution in [1.29, 1.82) is 0 Å². The number of thiophene rings is 1. The molecule has 1 aliphatic heterocycles. The van der Waals surface area contributed by atoms with Crippen LogP contribution in [0.15, 0.2) is 29.9 Å². The fourth-order valence-electron chi connectivity index (χ4n) is 3.07. The minimum atomic E-state index is 0.451. The number of anilines is 1. The molecule has 0 radical (unpaired) electrons. The summed E-state index contributed by atoms with van der Waals surface area (Å²) in [6.45, 7) is 7.56. The maximum atomic E-state index is 4.31. The van der Waals surface area contributed by atoms with Gasteiger partial charge < -0.3 is 10.2 Å². The number of fused-ring (bicyclic) bond motifs is 1. The van der Waals surface area contributed by atoms with Crippen molar-refractivity contribution >= 4 is 17.0 Å². The van der Waals surface area contributed by atoms with Crippen molar-refractivity contribution in [2.24, 2.45) is 0 Å². The molecule has 1 N–H and O–H groups in total. The van der Waals surface area contributed by atoms with Gasteiger partial charge in [0, 0.05) is 41.6 Å². The number of aromatic nitrogens is 1. The van der Waals surface area contributed by atoms with Crippen LogP contribution in [-0.2, 0) is 13.0 Å². The Balaban J connectivity index is 1.84. The Labute approximate surface area is 131 Å². The van der Waals surface area contributed by atoms with Gasteiger partial charge in [0.25, 0.3) is 0 Å². The molecule has 0 aliphatic carbocycles. The van der Waals surface area contributed by atoms with E-state index in [1.807, 2.05) is 23.7 Å². The quantitative estimate of drug-likeness (QED) is 0.852. The molecule has 112 valence electrons. The lowest BCUT2D eigenvalue weighted by molar-refractivity contribution is 0.621. The number of hydrogen-bond donors (Lipinski definition) is 1. The Morgan fingerprint density at radius 2 is 2.33 bits per heavy atom. The maximum absolute atomic E-state index is 4.31. The lowest BCUT2D eigenvalue weighted by Gasteiger charge is -2.36. The van der Waals surface area contributed by atoms with Crippen LogP contribution in [0, 0.1) is 0 Å². The van der Waals surface area contributed by atoms with Gasteiger partial charge in [0.05, 0.1) is 6.04 Å². The Hall–Kier alpha value is -1.39. The molecule has 0 fully saturated rings. The van der Waals surface area contributed by atoms with Crippen molar-refractivity contribution in [2.75, 3.05) is 18.0 Å². The van der Waals surface area contributed by atoms with E-state index in [0.717, 1.165) is 32.5 Å². The summed E-state index contributed by atoms with van der Waals surface area (Å²) in [4.78, 5) is 8.40. The van der Waals surface area contributed by atoms with Crippen molar-refractivity contribution in [3.63, 3.8) is 0 Å². The van der Waals surface area contributed by atoms with Gasteiger partial charge in [0.1, 0.15) is 0 Å². The van der Waals surface area contributed by atoms with Gasteiger partial charge in [-0.05, 0) is 49.4 Å². The predicted molar refractivity (Wildman–Crippen MR) is 90.0 cm³/mol. The first-order valence-corrected chi connectivity index (χ1v) is 8.65. The van der Waals surface area contributed by atoms with E-state index in [4.69, 9.17) is 0 Å². The molecule has 3 nitrogen and oxygen atoms in total. The lowest BCUT2D eigenvalue weighted by Crippen LogP contribution is -2.34. The average molecular weight is 301 g/mol. The van der Waals surface area contributed by atoms with Crippen LogP contribution in [0.5, 0.6) is 0 Å². The van der Waals surface area contributed by atoms with Gasteiger partial charge in [0.2, 0.25) is 0 Å². The molecule has 1 atom stereocenters. The minimum Gasteiger partial charge on any atom is -0.364 e. The van der Waals surface area contributed by atoms with Crippen molar-refractivity contribution in [3.05, 3.63) is 45.9 Å². The van der Waals surface area contributed by atoms with Crippen molar-refractivity contribution in [3.8, 4) is 0 Å². The average Bonchev–Trinajstić information content (AvgIpc) is 2.98. The highest BCUT2D eigenvalue weighted by Crippen LogP contribution is 2.36. The van der Waals surface area contributed by atoms with Crippen LogP contribution >= 0.6 is 11.3 Å². The molecule has 3 heterocycles. The minimum absolute atomic E-state index is 0.451. The Morgan fingerprint density at radius 1 is 1.43 bits per heavy atom. The van der Waals surface area contributed by atoms with E-state index in [9.17, 15) is 0 Å². The summed E-state index contributed by atoms with van der Waals surface area (Å²) in [5.41, 5.74) is 4.13. The second-order valence-corrected chi connectivity index (χ2v) is 6.60. The van der Waals surface area contributed by atoms with E-state index in [-0.39, 0.29) is 0 Å². The van der Waals surface area contributed by atoms with E-state index in [2.05, 4.69) is 46.6 Å². The highest BCUT2D eigenvalue weighted by molar-refractivity contribution is 7.10. The molecule has 4 heteroatoms. The molecular formula is C17H23N3S. The lowest BCUT2D eigenvalue weighted by atomic mass is 10.00. The van der Waals surface area contributed by atoms with Crippen molar-refractivity contribution in [1.82, 2.24) is 10.3 Å². The smallest absolute Gasteiger partial charge is 0.0525 e. The van der Waals surface area contributed by atoms with E-state index in [0.29, 0.717) is 6.04 Å². The first-order chi connectivity index (χ1) is 10.3. The zero-order valence-corrected chi connectivity index (χ0v) is 13.6. The third-order valence-electron chi connectivity index (χ3n) is 4.21. The van der Waals surface area contributed by atoms with E-state index in [1.165, 1.54) is 16.8 Å². The van der Waals surface area contributed by atoms with Crippen LogP contribution < -0.4 is 10.2 Å². The SMILES string of the molecule is CCCNCc1cnccc1N1CCc2sccc2C1C. The van der Waals surface area contributed by atoms with Crippen LogP contribution in [0.1, 0.15) is 42.3 Å². The molecule has 0 saturated carbocycles. The summed E-state index contributed by atoms with van der Waals surface area (Å²) >= 11 is 1.90. The van der Waals surface area contributed by atoms with Crippen LogP contribution in [0.3, 0.4) is 0 Å². The maximum Gasteiger partial charge on any atom is 0.0525 e. The van der Waals surface area contributed by atoms with Gasteiger partial charge in [-0.3, -0.25) is 4.98 Å². The van der Waals surface area contributed by atoms with Crippen LogP contribution in [0.2, 0.25) is 0 Å². The number of nitrogens with one attached hydrogen (secondary N) is 1. The van der Waals surface area contributed by atoms with Gasteiger partial charge in [-0.15, -0.1) is 11.3 Å². The fraction of sp³-hybridized carbons (Fsp3) is 0.471. The molecule has 0 aromatic carbocycles. The van der Waals surface area contributed by atoms with Crippen LogP contribution in [0.25, 0.3) is 0 Å². The molecule has 2 aromatic rings. The van der Waals surface area contributed by atoms with Gasteiger partial charge in [-0.1, -0.05) is 6.92 Å². The summed E-state index contributed by atoms with van der Waals surface area (Å²) in [6.07, 6.45) is 6.23. The molecular weight excluding hydrogens is 278 g/mol. The van der Waals surface area contributed by atoms with Gasteiger partial charge >= 0.3 is 0 Å². The Bertz CT molecular complexity index is 593. The molecule has 3 rings (SSSR count). The first-order valence-electron chi connectivity index (χ1n) is 7.77. The third kappa shape index (κ3) is 2.97. The number of hydrogen-bond acceptors (Lipinski definition) is 4. The highest BCUT2D eigenvalue weighted by atomic mass is 32.1. The second-order valence-electron chi connectivity index (χ2n) is 5.60. The fourth-order valence-corrected chi connectivity index (χ4v) is 4.04. The van der Waals surface area contributed by atoms with Crippen molar-refractivity contribution in [2.45, 2.75) is 39.3 Å². The van der Waals surface area contributed by atoms with E-state index < -0.39 is 0 Å². The molecule has 21 heavy (non-hydrogen) atoms. The zero-order valence-electron chi connectivity index (χ0n) is 12.8. The Morgan fingerprint density at radius 3 is 3.19 bits per heavy atom. The normalized spacial score (nSPS) is 17.8. The zero-order chi connectivity index (χ0) is 14.7. The van der Waals surface area contributed by atoms with Gasteiger partial charge in [-0.25, -0.2) is 0 Å². The van der Waals surface area contributed by atoms with E-state index >= 15 is 0 Å². The largest absolute Gasteiger partial charge is 0.364 e. The molecule has 0 amide bonds. The van der Waals surface area contributed by atoms with E-state index in [1.54, 1.807) is 4.88 Å². The topological polar surface area (TPSA) is 28.2 Å². The molecule has 2 aromatic heterocycles. The Kier molecular flexibility index (Phi) is 4.56. The predicted octanol–water partition coefficient (Wildman–Crippen LogP) is 3.77.